The largest absolute Gasteiger partial charge is 0.377 e. The molecular formula is C13H13ClN2O3S. The van der Waals surface area contributed by atoms with Crippen molar-refractivity contribution in [2.24, 2.45) is 0 Å². The van der Waals surface area contributed by atoms with Gasteiger partial charge in [0.05, 0.1) is 17.2 Å². The minimum atomic E-state index is -0.0959. The summed E-state index contributed by atoms with van der Waals surface area (Å²) >= 11 is 7.57. The molecule has 0 aliphatic heterocycles. The van der Waals surface area contributed by atoms with Gasteiger partial charge in [0.2, 0.25) is 5.89 Å². The van der Waals surface area contributed by atoms with Crippen molar-refractivity contribution in [1.82, 2.24) is 10.1 Å². The third kappa shape index (κ3) is 4.33. The molecule has 106 valence electrons. The van der Waals surface area contributed by atoms with Crippen molar-refractivity contribution in [1.29, 1.82) is 0 Å². The van der Waals surface area contributed by atoms with E-state index in [9.17, 15) is 4.79 Å². The molecule has 0 saturated heterocycles. The van der Waals surface area contributed by atoms with Gasteiger partial charge in [-0.25, -0.2) is 0 Å². The molecule has 0 amide bonds. The third-order valence-electron chi connectivity index (χ3n) is 2.36. The number of carbonyl (C=O) groups is 1. The molecule has 2 rings (SSSR count). The molecule has 0 aliphatic carbocycles. The average Bonchev–Trinajstić information content (AvgIpc) is 2.85. The Hall–Kier alpha value is -1.37. The first-order valence-corrected chi connectivity index (χ1v) is 7.25. The van der Waals surface area contributed by atoms with E-state index >= 15 is 0 Å². The lowest BCUT2D eigenvalue weighted by atomic mass is 10.3. The maximum absolute atomic E-state index is 11.4. The van der Waals surface area contributed by atoms with Crippen LogP contribution in [-0.2, 0) is 21.7 Å². The molecule has 5 nitrogen and oxygen atoms in total. The average molecular weight is 313 g/mol. The number of rotatable bonds is 7. The zero-order valence-corrected chi connectivity index (χ0v) is 12.4. The van der Waals surface area contributed by atoms with Crippen LogP contribution in [0.5, 0.6) is 0 Å². The fourth-order valence-corrected chi connectivity index (χ4v) is 2.59. The van der Waals surface area contributed by atoms with Gasteiger partial charge >= 0.3 is 0 Å². The van der Waals surface area contributed by atoms with Crippen molar-refractivity contribution in [2.45, 2.75) is 17.1 Å². The first-order chi connectivity index (χ1) is 9.69. The Balaban J connectivity index is 1.90. The lowest BCUT2D eigenvalue weighted by Crippen LogP contribution is -2.09. The quantitative estimate of drug-likeness (QED) is 0.732. The van der Waals surface area contributed by atoms with Crippen molar-refractivity contribution in [3.05, 3.63) is 41.0 Å². The van der Waals surface area contributed by atoms with E-state index in [0.29, 0.717) is 22.5 Å². The van der Waals surface area contributed by atoms with E-state index in [1.54, 1.807) is 0 Å². The minimum absolute atomic E-state index is 0.0477. The van der Waals surface area contributed by atoms with Crippen molar-refractivity contribution >= 4 is 29.1 Å². The highest BCUT2D eigenvalue weighted by Crippen LogP contribution is 2.28. The molecule has 0 radical (unpaired) electrons. The summed E-state index contributed by atoms with van der Waals surface area (Å²) in [6.45, 7) is 0.0477. The molecule has 7 heteroatoms. The minimum Gasteiger partial charge on any atom is -0.377 e. The molecule has 20 heavy (non-hydrogen) atoms. The standard InChI is InChI=1S/C13H13ClN2O3S/c1-18-7-9(17)6-13-15-12(16-19-13)8-20-11-5-3-2-4-10(11)14/h2-5H,6-8H2,1H3. The molecule has 0 bridgehead atoms. The van der Waals surface area contributed by atoms with Crippen LogP contribution >= 0.6 is 23.4 Å². The first-order valence-electron chi connectivity index (χ1n) is 5.88. The van der Waals surface area contributed by atoms with Crippen molar-refractivity contribution in [3.63, 3.8) is 0 Å². The lowest BCUT2D eigenvalue weighted by Gasteiger charge is -2.00. The molecular weight excluding hydrogens is 300 g/mol. The highest BCUT2D eigenvalue weighted by Gasteiger charge is 2.11. The van der Waals surface area contributed by atoms with Crippen molar-refractivity contribution < 1.29 is 14.1 Å². The molecule has 1 aromatic carbocycles. The molecule has 0 atom stereocenters. The summed E-state index contributed by atoms with van der Waals surface area (Å²) in [7, 11) is 1.47. The summed E-state index contributed by atoms with van der Waals surface area (Å²) in [5.41, 5.74) is 0. The molecule has 0 saturated carbocycles. The lowest BCUT2D eigenvalue weighted by molar-refractivity contribution is -0.122. The van der Waals surface area contributed by atoms with E-state index in [0.717, 1.165) is 4.90 Å². The number of halogens is 1. The predicted molar refractivity (Wildman–Crippen MR) is 75.9 cm³/mol. The Morgan fingerprint density at radius 3 is 3.00 bits per heavy atom. The van der Waals surface area contributed by atoms with Gasteiger partial charge in [0.1, 0.15) is 6.61 Å². The summed E-state index contributed by atoms with van der Waals surface area (Å²) in [6, 6.07) is 7.55. The molecule has 0 spiro atoms. The number of hydrogen-bond acceptors (Lipinski definition) is 6. The van der Waals surface area contributed by atoms with Gasteiger partial charge in [0, 0.05) is 12.0 Å². The number of benzene rings is 1. The number of ether oxygens (including phenoxy) is 1. The number of thioether (sulfide) groups is 1. The summed E-state index contributed by atoms with van der Waals surface area (Å²) in [6.07, 6.45) is 0.0948. The molecule has 0 unspecified atom stereocenters. The van der Waals surface area contributed by atoms with Gasteiger partial charge in [-0.1, -0.05) is 28.9 Å². The third-order valence-corrected chi connectivity index (χ3v) is 3.87. The zero-order valence-electron chi connectivity index (χ0n) is 10.8. The van der Waals surface area contributed by atoms with Gasteiger partial charge in [0.25, 0.3) is 0 Å². The monoisotopic (exact) mass is 312 g/mol. The summed E-state index contributed by atoms with van der Waals surface area (Å²) in [5, 5.41) is 4.52. The molecule has 1 heterocycles. The summed E-state index contributed by atoms with van der Waals surface area (Å²) in [5.74, 6) is 1.28. The number of nitrogens with zero attached hydrogens (tertiary/aromatic N) is 2. The van der Waals surface area contributed by atoms with Gasteiger partial charge < -0.3 is 9.26 Å². The molecule has 0 aliphatic rings. The highest BCUT2D eigenvalue weighted by atomic mass is 35.5. The smallest absolute Gasteiger partial charge is 0.234 e. The Kier molecular flexibility index (Phi) is 5.58. The number of hydrogen-bond donors (Lipinski definition) is 0. The van der Waals surface area contributed by atoms with Gasteiger partial charge in [-0.15, -0.1) is 11.8 Å². The van der Waals surface area contributed by atoms with Gasteiger partial charge in [-0.2, -0.15) is 4.98 Å². The summed E-state index contributed by atoms with van der Waals surface area (Å²) < 4.78 is 9.76. The normalized spacial score (nSPS) is 10.7. The Bertz CT molecular complexity index is 589. The van der Waals surface area contributed by atoms with Gasteiger partial charge in [-0.05, 0) is 12.1 Å². The van der Waals surface area contributed by atoms with E-state index in [-0.39, 0.29) is 18.8 Å². The van der Waals surface area contributed by atoms with E-state index in [1.165, 1.54) is 18.9 Å². The van der Waals surface area contributed by atoms with Crippen LogP contribution in [0.25, 0.3) is 0 Å². The highest BCUT2D eigenvalue weighted by molar-refractivity contribution is 7.98. The van der Waals surface area contributed by atoms with Crippen LogP contribution in [-0.4, -0.2) is 29.6 Å². The zero-order chi connectivity index (χ0) is 14.4. The maximum atomic E-state index is 11.4. The second-order valence-electron chi connectivity index (χ2n) is 3.97. The van der Waals surface area contributed by atoms with Crippen LogP contribution in [0.2, 0.25) is 5.02 Å². The van der Waals surface area contributed by atoms with Crippen LogP contribution in [0.1, 0.15) is 11.7 Å². The van der Waals surface area contributed by atoms with E-state index in [1.807, 2.05) is 24.3 Å². The van der Waals surface area contributed by atoms with Crippen LogP contribution in [0.15, 0.2) is 33.7 Å². The Morgan fingerprint density at radius 2 is 2.25 bits per heavy atom. The summed E-state index contributed by atoms with van der Waals surface area (Å²) in [4.78, 5) is 16.5. The van der Waals surface area contributed by atoms with Crippen molar-refractivity contribution in [3.8, 4) is 0 Å². The van der Waals surface area contributed by atoms with Crippen LogP contribution < -0.4 is 0 Å². The maximum Gasteiger partial charge on any atom is 0.234 e. The first kappa shape index (κ1) is 15.0. The molecule has 2 aromatic rings. The molecule has 0 N–H and O–H groups in total. The SMILES string of the molecule is COCC(=O)Cc1nc(CSc2ccccc2Cl)no1. The number of ketones is 1. The van der Waals surface area contributed by atoms with Crippen LogP contribution in [0.4, 0.5) is 0 Å². The second kappa shape index (κ2) is 7.42. The number of methoxy groups -OCH3 is 1. The molecule has 1 aromatic heterocycles. The van der Waals surface area contributed by atoms with Crippen LogP contribution in [0, 0.1) is 0 Å². The Morgan fingerprint density at radius 1 is 1.45 bits per heavy atom. The fraction of sp³-hybridized carbons (Fsp3) is 0.308. The molecule has 0 fully saturated rings. The fourth-order valence-electron chi connectivity index (χ4n) is 1.51. The van der Waals surface area contributed by atoms with Crippen molar-refractivity contribution in [2.75, 3.05) is 13.7 Å². The number of aromatic nitrogens is 2. The van der Waals surface area contributed by atoms with E-state index in [4.69, 9.17) is 20.9 Å². The van der Waals surface area contributed by atoms with Gasteiger partial charge in [-0.3, -0.25) is 4.79 Å². The van der Waals surface area contributed by atoms with E-state index in [2.05, 4.69) is 10.1 Å². The number of Topliss-reactive ketones (excluding diaryl/α,β-unsaturated/α-hetero) is 1. The van der Waals surface area contributed by atoms with Gasteiger partial charge in [0.15, 0.2) is 11.6 Å². The van der Waals surface area contributed by atoms with E-state index < -0.39 is 0 Å². The second-order valence-corrected chi connectivity index (χ2v) is 5.40. The topological polar surface area (TPSA) is 65.2 Å². The predicted octanol–water partition coefficient (Wildman–Crippen LogP) is 2.77. The van der Waals surface area contributed by atoms with Crippen LogP contribution in [0.3, 0.4) is 0 Å². The number of carbonyl (C=O) groups excluding carboxylic acids is 1. The Labute approximate surface area is 125 Å².